The van der Waals surface area contributed by atoms with Crippen molar-refractivity contribution in [2.24, 2.45) is 4.99 Å². The fourth-order valence-electron chi connectivity index (χ4n) is 2.94. The Balaban J connectivity index is 0.00000338. The van der Waals surface area contributed by atoms with E-state index in [1.807, 2.05) is 23.1 Å². The van der Waals surface area contributed by atoms with Gasteiger partial charge >= 0.3 is 6.18 Å². The highest BCUT2D eigenvalue weighted by molar-refractivity contribution is 14.0. The molecule has 0 aromatic heterocycles. The normalized spacial score (nSPS) is 17.7. The average molecular weight is 487 g/mol. The number of guanidine groups is 1. The van der Waals surface area contributed by atoms with E-state index in [1.165, 1.54) is 0 Å². The Morgan fingerprint density at radius 3 is 2.35 bits per heavy atom. The van der Waals surface area contributed by atoms with Gasteiger partial charge in [0.15, 0.2) is 5.96 Å². The van der Waals surface area contributed by atoms with Gasteiger partial charge in [0, 0.05) is 38.7 Å². The van der Waals surface area contributed by atoms with Crippen LogP contribution in [0.15, 0.2) is 23.2 Å². The van der Waals surface area contributed by atoms with Crippen LogP contribution in [0.3, 0.4) is 0 Å². The maximum absolute atomic E-state index is 12.3. The highest BCUT2D eigenvalue weighted by Gasteiger charge is 2.29. The first-order valence-electron chi connectivity index (χ1n) is 8.11. The lowest BCUT2D eigenvalue weighted by Crippen LogP contribution is -2.41. The van der Waals surface area contributed by atoms with Crippen molar-refractivity contribution in [3.63, 3.8) is 0 Å². The molecule has 0 spiro atoms. The molecule has 1 heterocycles. The third-order valence-corrected chi connectivity index (χ3v) is 4.24. The van der Waals surface area contributed by atoms with E-state index in [1.54, 1.807) is 21.3 Å². The molecular weight excluding hydrogens is 462 g/mol. The lowest BCUT2D eigenvalue weighted by atomic mass is 9.98. The maximum atomic E-state index is 12.3. The zero-order valence-corrected chi connectivity index (χ0v) is 17.4. The molecular formula is C17H25F3IN3O2. The number of nitrogens with one attached hydrogen (secondary N) is 1. The van der Waals surface area contributed by atoms with Gasteiger partial charge in [0.25, 0.3) is 0 Å². The molecule has 1 unspecified atom stereocenters. The van der Waals surface area contributed by atoms with Crippen LogP contribution in [0.4, 0.5) is 13.2 Å². The van der Waals surface area contributed by atoms with Crippen molar-refractivity contribution in [2.45, 2.75) is 24.9 Å². The van der Waals surface area contributed by atoms with E-state index in [2.05, 4.69) is 10.3 Å². The number of hydrogen-bond acceptors (Lipinski definition) is 3. The van der Waals surface area contributed by atoms with Gasteiger partial charge in [0.05, 0.1) is 20.6 Å². The Kier molecular flexibility index (Phi) is 8.78. The van der Waals surface area contributed by atoms with Crippen LogP contribution in [-0.4, -0.2) is 57.9 Å². The van der Waals surface area contributed by atoms with E-state index >= 15 is 0 Å². The number of ether oxygens (including phenoxy) is 2. The first kappa shape index (κ1) is 22.7. The van der Waals surface area contributed by atoms with Gasteiger partial charge in [-0.2, -0.15) is 13.2 Å². The van der Waals surface area contributed by atoms with Crippen molar-refractivity contribution in [3.05, 3.63) is 23.8 Å². The summed E-state index contributed by atoms with van der Waals surface area (Å²) in [6.07, 6.45) is -4.16. The highest BCUT2D eigenvalue weighted by Crippen LogP contribution is 2.32. The third kappa shape index (κ3) is 6.40. The number of benzene rings is 1. The molecule has 1 saturated heterocycles. The zero-order chi connectivity index (χ0) is 18.4. The summed E-state index contributed by atoms with van der Waals surface area (Å²) in [4.78, 5) is 6.08. The molecule has 0 radical (unpaired) electrons. The minimum atomic E-state index is -4.17. The SMILES string of the molecule is CN=C(NCCC(F)(F)F)N1CCC(c2cc(OC)cc(OC)c2)C1.I. The number of methoxy groups -OCH3 is 2. The average Bonchev–Trinajstić information content (AvgIpc) is 3.07. The molecule has 1 aromatic carbocycles. The van der Waals surface area contributed by atoms with Gasteiger partial charge < -0.3 is 19.7 Å². The molecule has 5 nitrogen and oxygen atoms in total. The van der Waals surface area contributed by atoms with E-state index in [9.17, 15) is 13.2 Å². The van der Waals surface area contributed by atoms with Crippen LogP contribution < -0.4 is 14.8 Å². The van der Waals surface area contributed by atoms with Gasteiger partial charge in [-0.25, -0.2) is 0 Å². The number of likely N-dealkylation sites (tertiary alicyclic amines) is 1. The predicted molar refractivity (Wildman–Crippen MR) is 106 cm³/mol. The summed E-state index contributed by atoms with van der Waals surface area (Å²) in [6.45, 7) is 1.24. The first-order valence-corrected chi connectivity index (χ1v) is 8.11. The van der Waals surface area contributed by atoms with Crippen LogP contribution >= 0.6 is 24.0 Å². The van der Waals surface area contributed by atoms with Crippen molar-refractivity contribution in [2.75, 3.05) is 40.9 Å². The minimum Gasteiger partial charge on any atom is -0.497 e. The largest absolute Gasteiger partial charge is 0.497 e. The molecule has 2 rings (SSSR count). The Hall–Kier alpha value is -1.39. The van der Waals surface area contributed by atoms with Crippen molar-refractivity contribution < 1.29 is 22.6 Å². The molecule has 0 aliphatic carbocycles. The lowest BCUT2D eigenvalue weighted by molar-refractivity contribution is -0.132. The zero-order valence-electron chi connectivity index (χ0n) is 15.1. The molecule has 0 saturated carbocycles. The summed E-state index contributed by atoms with van der Waals surface area (Å²) in [7, 11) is 4.79. The van der Waals surface area contributed by atoms with Crippen LogP contribution in [0.5, 0.6) is 11.5 Å². The summed E-state index contributed by atoms with van der Waals surface area (Å²) in [6, 6.07) is 5.75. The Morgan fingerprint density at radius 1 is 1.23 bits per heavy atom. The fraction of sp³-hybridized carbons (Fsp3) is 0.588. The van der Waals surface area contributed by atoms with Gasteiger partial charge in [-0.1, -0.05) is 0 Å². The van der Waals surface area contributed by atoms with Gasteiger partial charge in [-0.3, -0.25) is 4.99 Å². The molecule has 0 amide bonds. The van der Waals surface area contributed by atoms with Crippen LogP contribution in [0.2, 0.25) is 0 Å². The predicted octanol–water partition coefficient (Wildman–Crippen LogP) is 3.64. The summed E-state index contributed by atoms with van der Waals surface area (Å²) in [5, 5.41) is 2.79. The Bertz CT molecular complexity index is 589. The van der Waals surface area contributed by atoms with E-state index in [0.717, 1.165) is 30.0 Å². The molecule has 1 atom stereocenters. The van der Waals surface area contributed by atoms with Gasteiger partial charge in [0.1, 0.15) is 11.5 Å². The van der Waals surface area contributed by atoms with E-state index < -0.39 is 12.6 Å². The first-order chi connectivity index (χ1) is 11.9. The van der Waals surface area contributed by atoms with Crippen molar-refractivity contribution in [1.29, 1.82) is 0 Å². The second kappa shape index (κ2) is 10.1. The number of rotatable bonds is 5. The van der Waals surface area contributed by atoms with Crippen molar-refractivity contribution in [1.82, 2.24) is 10.2 Å². The molecule has 1 fully saturated rings. The number of aliphatic imine (C=N–C) groups is 1. The molecule has 1 aliphatic heterocycles. The summed E-state index contributed by atoms with van der Waals surface area (Å²) < 4.78 is 47.5. The van der Waals surface area contributed by atoms with Crippen LogP contribution in [0.1, 0.15) is 24.3 Å². The van der Waals surface area contributed by atoms with Crippen molar-refractivity contribution >= 4 is 29.9 Å². The summed E-state index contributed by atoms with van der Waals surface area (Å²) in [5.41, 5.74) is 1.09. The van der Waals surface area contributed by atoms with Crippen LogP contribution in [0.25, 0.3) is 0 Å². The Morgan fingerprint density at radius 2 is 1.85 bits per heavy atom. The molecule has 1 aliphatic rings. The lowest BCUT2D eigenvalue weighted by Gasteiger charge is -2.22. The van der Waals surface area contributed by atoms with E-state index in [0.29, 0.717) is 12.5 Å². The smallest absolute Gasteiger partial charge is 0.390 e. The molecule has 1 aromatic rings. The van der Waals surface area contributed by atoms with Gasteiger partial charge in [-0.05, 0) is 24.1 Å². The van der Waals surface area contributed by atoms with E-state index in [4.69, 9.17) is 9.47 Å². The quantitative estimate of drug-likeness (QED) is 0.392. The summed E-state index contributed by atoms with van der Waals surface area (Å²) in [5.74, 6) is 2.19. The number of alkyl halides is 3. The highest BCUT2D eigenvalue weighted by atomic mass is 127. The molecule has 1 N–H and O–H groups in total. The Labute approximate surface area is 169 Å². The van der Waals surface area contributed by atoms with Gasteiger partial charge in [-0.15, -0.1) is 24.0 Å². The summed E-state index contributed by atoms with van der Waals surface area (Å²) >= 11 is 0. The molecule has 26 heavy (non-hydrogen) atoms. The van der Waals surface area contributed by atoms with Crippen molar-refractivity contribution in [3.8, 4) is 11.5 Å². The second-order valence-corrected chi connectivity index (χ2v) is 5.92. The van der Waals surface area contributed by atoms with E-state index in [-0.39, 0.29) is 36.4 Å². The second-order valence-electron chi connectivity index (χ2n) is 5.92. The number of hydrogen-bond donors (Lipinski definition) is 1. The minimum absolute atomic E-state index is 0. The van der Waals surface area contributed by atoms with Crippen LogP contribution in [-0.2, 0) is 0 Å². The molecule has 148 valence electrons. The topological polar surface area (TPSA) is 46.1 Å². The van der Waals surface area contributed by atoms with Crippen LogP contribution in [0, 0.1) is 0 Å². The molecule has 9 heteroatoms. The van der Waals surface area contributed by atoms with Gasteiger partial charge in [0.2, 0.25) is 0 Å². The number of nitrogens with zero attached hydrogens (tertiary/aromatic N) is 2. The standard InChI is InChI=1S/C17H24F3N3O2.HI/c1-21-16(22-6-5-17(18,19)20)23-7-4-12(11-23)13-8-14(24-2)10-15(9-13)25-3;/h8-10,12H,4-7,11H2,1-3H3,(H,21,22);1H. The maximum Gasteiger partial charge on any atom is 0.390 e. The monoisotopic (exact) mass is 487 g/mol. The fourth-order valence-corrected chi connectivity index (χ4v) is 2.94. The number of halogens is 4. The molecule has 0 bridgehead atoms. The third-order valence-electron chi connectivity index (χ3n) is 4.24.